The van der Waals surface area contributed by atoms with Gasteiger partial charge >= 0.3 is 5.97 Å². The molecule has 1 atom stereocenters. The van der Waals surface area contributed by atoms with E-state index >= 15 is 0 Å². The average molecular weight is 459 g/mol. The maximum Gasteiger partial charge on any atom is 0.348 e. The number of fused-ring (bicyclic) bond motifs is 1. The Bertz CT molecular complexity index is 1220. The lowest BCUT2D eigenvalue weighted by Crippen LogP contribution is -2.43. The van der Waals surface area contributed by atoms with Crippen LogP contribution >= 0.6 is 11.3 Å². The number of anilines is 1. The summed E-state index contributed by atoms with van der Waals surface area (Å²) in [7, 11) is -2.29. The molecule has 1 fully saturated rings. The van der Waals surface area contributed by atoms with Gasteiger partial charge in [-0.2, -0.15) is 4.31 Å². The molecule has 162 valence electrons. The molecule has 0 radical (unpaired) electrons. The molecule has 0 unspecified atom stereocenters. The first-order valence-electron chi connectivity index (χ1n) is 9.86. The van der Waals surface area contributed by atoms with Crippen LogP contribution < -0.4 is 5.32 Å². The predicted molar refractivity (Wildman–Crippen MR) is 120 cm³/mol. The molecule has 2 aromatic carbocycles. The Kier molecular flexibility index (Phi) is 6.08. The summed E-state index contributed by atoms with van der Waals surface area (Å²) in [6, 6.07) is 15.4. The Hall–Kier alpha value is -2.75. The van der Waals surface area contributed by atoms with Crippen LogP contribution in [-0.2, 0) is 19.6 Å². The predicted octanol–water partition coefficient (Wildman–Crippen LogP) is 3.73. The number of sulfonamides is 1. The third-order valence-corrected chi connectivity index (χ3v) is 8.28. The van der Waals surface area contributed by atoms with E-state index in [9.17, 15) is 18.0 Å². The largest absolute Gasteiger partial charge is 0.465 e. The molecule has 9 heteroatoms. The fraction of sp³-hybridized carbons (Fsp3) is 0.273. The number of carbonyl (C=O) groups is 2. The van der Waals surface area contributed by atoms with Crippen LogP contribution in [0.4, 0.5) is 5.69 Å². The molecule has 0 saturated carbocycles. The number of carbonyl (C=O) groups excluding carboxylic acids is 2. The highest BCUT2D eigenvalue weighted by Gasteiger charge is 2.33. The van der Waals surface area contributed by atoms with Crippen LogP contribution in [0.15, 0.2) is 59.5 Å². The van der Waals surface area contributed by atoms with E-state index in [1.807, 2.05) is 6.07 Å². The Morgan fingerprint density at radius 1 is 1.13 bits per heavy atom. The first-order valence-corrected chi connectivity index (χ1v) is 12.1. The molecule has 4 rings (SSSR count). The number of amides is 1. The molecule has 0 bridgehead atoms. The minimum atomic E-state index is -3.63. The van der Waals surface area contributed by atoms with E-state index in [0.717, 1.165) is 10.1 Å². The number of ether oxygens (including phenoxy) is 1. The molecule has 1 saturated heterocycles. The van der Waals surface area contributed by atoms with Crippen LogP contribution in [0.1, 0.15) is 22.5 Å². The summed E-state index contributed by atoms with van der Waals surface area (Å²) < 4.78 is 32.9. The van der Waals surface area contributed by atoms with Gasteiger partial charge in [0.05, 0.1) is 17.9 Å². The zero-order valence-electron chi connectivity index (χ0n) is 16.9. The summed E-state index contributed by atoms with van der Waals surface area (Å²) in [4.78, 5) is 25.3. The first kappa shape index (κ1) is 21.5. The standard InChI is InChI=1S/C22H22N2O5S2/c1-29-22(26)20-13-16-12-17(9-10-19(16)30-20)23-21(25)15-6-5-11-24(14-15)31(27,28)18-7-3-2-4-8-18/h2-4,7-10,12-13,15H,5-6,11,14H2,1H3,(H,23,25)/t15-/m0/s1. The molecule has 2 heterocycles. The number of thiophene rings is 1. The van der Waals surface area contributed by atoms with Gasteiger partial charge in [0.1, 0.15) is 4.88 Å². The van der Waals surface area contributed by atoms with E-state index in [2.05, 4.69) is 5.32 Å². The van der Waals surface area contributed by atoms with Gasteiger partial charge < -0.3 is 10.1 Å². The molecule has 1 aliphatic heterocycles. The van der Waals surface area contributed by atoms with Gasteiger partial charge in [0.2, 0.25) is 15.9 Å². The Labute approximate surface area is 184 Å². The second kappa shape index (κ2) is 8.78. The highest BCUT2D eigenvalue weighted by molar-refractivity contribution is 7.89. The van der Waals surface area contributed by atoms with E-state index in [1.165, 1.54) is 22.8 Å². The topological polar surface area (TPSA) is 92.8 Å². The van der Waals surface area contributed by atoms with Crippen molar-refractivity contribution in [1.82, 2.24) is 4.31 Å². The van der Waals surface area contributed by atoms with E-state index in [-0.39, 0.29) is 17.3 Å². The second-order valence-electron chi connectivity index (χ2n) is 7.36. The number of hydrogen-bond acceptors (Lipinski definition) is 6. The van der Waals surface area contributed by atoms with Gasteiger partial charge in [0.15, 0.2) is 0 Å². The van der Waals surface area contributed by atoms with Crippen molar-refractivity contribution in [3.8, 4) is 0 Å². The van der Waals surface area contributed by atoms with Crippen molar-refractivity contribution in [2.24, 2.45) is 5.92 Å². The fourth-order valence-corrected chi connectivity index (χ4v) is 6.19. The minimum absolute atomic E-state index is 0.149. The highest BCUT2D eigenvalue weighted by Crippen LogP contribution is 2.30. The number of hydrogen-bond donors (Lipinski definition) is 1. The molecular weight excluding hydrogens is 436 g/mol. The van der Waals surface area contributed by atoms with E-state index in [4.69, 9.17) is 4.74 Å². The summed E-state index contributed by atoms with van der Waals surface area (Å²) >= 11 is 1.33. The Morgan fingerprint density at radius 2 is 1.90 bits per heavy atom. The van der Waals surface area contributed by atoms with Crippen LogP contribution in [-0.4, -0.2) is 44.8 Å². The Morgan fingerprint density at radius 3 is 2.65 bits per heavy atom. The monoisotopic (exact) mass is 458 g/mol. The Balaban J connectivity index is 1.47. The second-order valence-corrected chi connectivity index (χ2v) is 10.4. The van der Waals surface area contributed by atoms with Crippen LogP contribution in [0.5, 0.6) is 0 Å². The SMILES string of the molecule is COC(=O)c1cc2cc(NC(=O)[C@H]3CCCN(S(=O)(=O)c4ccccc4)C3)ccc2s1. The quantitative estimate of drug-likeness (QED) is 0.588. The maximum absolute atomic E-state index is 12.9. The number of methoxy groups -OCH3 is 1. The molecule has 7 nitrogen and oxygen atoms in total. The number of rotatable bonds is 5. The van der Waals surface area contributed by atoms with Gasteiger partial charge in [-0.05, 0) is 54.6 Å². The summed E-state index contributed by atoms with van der Waals surface area (Å²) in [5.41, 5.74) is 0.606. The molecular formula is C22H22N2O5S2. The summed E-state index contributed by atoms with van der Waals surface area (Å²) in [5, 5.41) is 3.73. The molecule has 0 spiro atoms. The maximum atomic E-state index is 12.9. The van der Waals surface area contributed by atoms with Gasteiger partial charge in [-0.25, -0.2) is 13.2 Å². The molecule has 3 aromatic rings. The number of benzene rings is 2. The van der Waals surface area contributed by atoms with Crippen LogP contribution in [0.3, 0.4) is 0 Å². The van der Waals surface area contributed by atoms with Crippen LogP contribution in [0, 0.1) is 5.92 Å². The molecule has 1 N–H and O–H groups in total. The van der Waals surface area contributed by atoms with Gasteiger partial charge in [0, 0.05) is 23.5 Å². The normalized spacial score (nSPS) is 17.4. The smallest absolute Gasteiger partial charge is 0.348 e. The summed E-state index contributed by atoms with van der Waals surface area (Å²) in [5.74, 6) is -1.04. The van der Waals surface area contributed by atoms with Crippen LogP contribution in [0.2, 0.25) is 0 Å². The van der Waals surface area contributed by atoms with Crippen molar-refractivity contribution in [2.75, 3.05) is 25.5 Å². The highest BCUT2D eigenvalue weighted by atomic mass is 32.2. The third-order valence-electron chi connectivity index (χ3n) is 5.31. The number of nitrogens with zero attached hydrogens (tertiary/aromatic N) is 1. The van der Waals surface area contributed by atoms with Gasteiger partial charge in [-0.15, -0.1) is 11.3 Å². The first-order chi connectivity index (χ1) is 14.9. The van der Waals surface area contributed by atoms with Crippen molar-refractivity contribution in [2.45, 2.75) is 17.7 Å². The summed E-state index contributed by atoms with van der Waals surface area (Å²) in [6.07, 6.45) is 1.25. The summed E-state index contributed by atoms with van der Waals surface area (Å²) in [6.45, 7) is 0.550. The molecule has 1 amide bonds. The van der Waals surface area contributed by atoms with Crippen molar-refractivity contribution >= 4 is 49.0 Å². The number of nitrogens with one attached hydrogen (secondary N) is 1. The van der Waals surface area contributed by atoms with E-state index in [0.29, 0.717) is 30.0 Å². The minimum Gasteiger partial charge on any atom is -0.465 e. The number of esters is 1. The average Bonchev–Trinajstić information content (AvgIpc) is 3.22. The fourth-order valence-electron chi connectivity index (χ4n) is 3.68. The van der Waals surface area contributed by atoms with E-state index in [1.54, 1.807) is 48.5 Å². The lowest BCUT2D eigenvalue weighted by atomic mass is 9.98. The zero-order chi connectivity index (χ0) is 22.0. The van der Waals surface area contributed by atoms with Gasteiger partial charge in [0.25, 0.3) is 0 Å². The van der Waals surface area contributed by atoms with Gasteiger partial charge in [-0.1, -0.05) is 18.2 Å². The molecule has 1 aromatic heterocycles. The number of piperidine rings is 1. The molecule has 31 heavy (non-hydrogen) atoms. The molecule has 1 aliphatic rings. The van der Waals surface area contributed by atoms with E-state index < -0.39 is 21.9 Å². The van der Waals surface area contributed by atoms with Crippen molar-refractivity contribution < 1.29 is 22.7 Å². The lowest BCUT2D eigenvalue weighted by molar-refractivity contribution is -0.120. The molecule has 0 aliphatic carbocycles. The van der Waals surface area contributed by atoms with Crippen molar-refractivity contribution in [1.29, 1.82) is 0 Å². The van der Waals surface area contributed by atoms with Crippen molar-refractivity contribution in [3.05, 3.63) is 59.5 Å². The lowest BCUT2D eigenvalue weighted by Gasteiger charge is -2.31. The third kappa shape index (κ3) is 4.48. The van der Waals surface area contributed by atoms with Crippen LogP contribution in [0.25, 0.3) is 10.1 Å². The zero-order valence-corrected chi connectivity index (χ0v) is 18.5. The van der Waals surface area contributed by atoms with Gasteiger partial charge in [-0.3, -0.25) is 4.79 Å². The van der Waals surface area contributed by atoms with Crippen molar-refractivity contribution in [3.63, 3.8) is 0 Å².